The Labute approximate surface area is 210 Å². The van der Waals surface area contributed by atoms with Crippen LogP contribution in [0.15, 0.2) is 54.9 Å². The van der Waals surface area contributed by atoms with Crippen LogP contribution >= 0.6 is 0 Å². The van der Waals surface area contributed by atoms with E-state index in [1.165, 1.54) is 30.8 Å². The first-order valence-corrected chi connectivity index (χ1v) is 12.3. The fraction of sp³-hybridized carbons (Fsp3) is 0.370. The normalized spacial score (nSPS) is 14.5. The van der Waals surface area contributed by atoms with Gasteiger partial charge in [-0.05, 0) is 62.3 Å². The summed E-state index contributed by atoms with van der Waals surface area (Å²) in [7, 11) is 0. The molecule has 1 aliphatic rings. The summed E-state index contributed by atoms with van der Waals surface area (Å²) in [6.45, 7) is 5.60. The van der Waals surface area contributed by atoms with E-state index < -0.39 is 5.91 Å². The van der Waals surface area contributed by atoms with Crippen molar-refractivity contribution in [3.05, 3.63) is 83.2 Å². The molecule has 0 aliphatic heterocycles. The SMILES string of the molecule is C/C=C(\N)C(=O)NCc1ncn2ccc(C)c(F)c12.CC[C@@H](N)Cc1cn2cc(C3CC3)ccc2n1. The molecule has 36 heavy (non-hydrogen) atoms. The van der Waals surface area contributed by atoms with Gasteiger partial charge in [0.25, 0.3) is 5.91 Å². The standard InChI is InChI=1S/C14H19N3.C13H15FN4O/c1-2-12(15)7-13-9-17-8-11(10-3-4-10)5-6-14(17)16-13;1-3-9(15)13(19)16-6-10-12-11(14)8(2)4-5-18(12)7-17-10/h5-6,8-10,12H,2-4,7,15H2,1H3;3-5,7H,6,15H2,1-2H3,(H,16,19)/b;9-3-/t12-;/m1./s1. The van der Waals surface area contributed by atoms with Gasteiger partial charge in [-0.1, -0.05) is 19.1 Å². The summed E-state index contributed by atoms with van der Waals surface area (Å²) in [6, 6.07) is 6.23. The Kier molecular flexibility index (Phi) is 7.69. The minimum absolute atomic E-state index is 0.125. The summed E-state index contributed by atoms with van der Waals surface area (Å²) in [5.74, 6) is 0.0723. The molecule has 190 valence electrons. The molecule has 0 radical (unpaired) electrons. The van der Waals surface area contributed by atoms with E-state index >= 15 is 0 Å². The average molecular weight is 492 g/mol. The van der Waals surface area contributed by atoms with Crippen LogP contribution in [0.2, 0.25) is 0 Å². The number of nitrogens with two attached hydrogens (primary N) is 2. The maximum absolute atomic E-state index is 14.0. The number of imidazole rings is 2. The molecule has 1 atom stereocenters. The molecule has 0 bridgehead atoms. The van der Waals surface area contributed by atoms with Gasteiger partial charge in [0.1, 0.15) is 11.2 Å². The van der Waals surface area contributed by atoms with Crippen molar-refractivity contribution < 1.29 is 9.18 Å². The lowest BCUT2D eigenvalue weighted by Gasteiger charge is -2.05. The molecule has 0 saturated heterocycles. The highest BCUT2D eigenvalue weighted by molar-refractivity contribution is 5.92. The first-order valence-electron chi connectivity index (χ1n) is 12.3. The third kappa shape index (κ3) is 5.73. The largest absolute Gasteiger partial charge is 0.395 e. The summed E-state index contributed by atoms with van der Waals surface area (Å²) >= 11 is 0. The van der Waals surface area contributed by atoms with E-state index in [1.807, 2.05) is 0 Å². The topological polar surface area (TPSA) is 116 Å². The number of nitrogens with zero attached hydrogens (tertiary/aromatic N) is 4. The number of allylic oxidation sites excluding steroid dienone is 1. The molecular weight excluding hydrogens is 457 g/mol. The van der Waals surface area contributed by atoms with Gasteiger partial charge in [-0.2, -0.15) is 0 Å². The van der Waals surface area contributed by atoms with Crippen LogP contribution in [0.4, 0.5) is 4.39 Å². The minimum Gasteiger partial charge on any atom is -0.395 e. The van der Waals surface area contributed by atoms with Gasteiger partial charge in [0.05, 0.1) is 30.0 Å². The number of nitrogens with one attached hydrogen (secondary N) is 1. The molecule has 8 nitrogen and oxygen atoms in total. The van der Waals surface area contributed by atoms with E-state index in [9.17, 15) is 9.18 Å². The number of aryl methyl sites for hydroxylation is 1. The summed E-state index contributed by atoms with van der Waals surface area (Å²) in [6.07, 6.45) is 13.6. The van der Waals surface area contributed by atoms with Gasteiger partial charge < -0.3 is 25.6 Å². The summed E-state index contributed by atoms with van der Waals surface area (Å²) < 4.78 is 17.8. The highest BCUT2D eigenvalue weighted by atomic mass is 19.1. The van der Waals surface area contributed by atoms with E-state index in [1.54, 1.807) is 30.5 Å². The Balaban J connectivity index is 0.000000170. The Morgan fingerprint density at radius 1 is 1.28 bits per heavy atom. The maximum atomic E-state index is 14.0. The smallest absolute Gasteiger partial charge is 0.267 e. The lowest BCUT2D eigenvalue weighted by Crippen LogP contribution is -2.28. The van der Waals surface area contributed by atoms with Crippen molar-refractivity contribution >= 4 is 17.1 Å². The molecule has 1 aliphatic carbocycles. The fourth-order valence-corrected chi connectivity index (χ4v) is 3.96. The Hall–Kier alpha value is -3.72. The Morgan fingerprint density at radius 3 is 2.75 bits per heavy atom. The number of aromatic nitrogens is 4. The monoisotopic (exact) mass is 491 g/mol. The maximum Gasteiger partial charge on any atom is 0.267 e. The van der Waals surface area contributed by atoms with Crippen LogP contribution in [-0.2, 0) is 17.8 Å². The van der Waals surface area contributed by atoms with Crippen LogP contribution in [0.25, 0.3) is 11.2 Å². The van der Waals surface area contributed by atoms with Gasteiger partial charge in [-0.15, -0.1) is 0 Å². The number of hydrogen-bond acceptors (Lipinski definition) is 5. The van der Waals surface area contributed by atoms with Crippen molar-refractivity contribution in [2.75, 3.05) is 0 Å². The number of halogens is 1. The number of pyridine rings is 2. The molecule has 0 spiro atoms. The molecule has 4 heterocycles. The predicted molar refractivity (Wildman–Crippen MR) is 139 cm³/mol. The van der Waals surface area contributed by atoms with Crippen LogP contribution in [0, 0.1) is 12.7 Å². The number of carbonyl (C=O) groups is 1. The molecular formula is C27H34FN7O. The van der Waals surface area contributed by atoms with Crippen molar-refractivity contribution in [3.63, 3.8) is 0 Å². The second kappa shape index (κ2) is 10.9. The van der Waals surface area contributed by atoms with Gasteiger partial charge in [-0.3, -0.25) is 4.79 Å². The van der Waals surface area contributed by atoms with Gasteiger partial charge in [0, 0.05) is 31.1 Å². The number of amides is 1. The van der Waals surface area contributed by atoms with Crippen LogP contribution in [-0.4, -0.2) is 30.7 Å². The van der Waals surface area contributed by atoms with Crippen LogP contribution in [0.1, 0.15) is 61.5 Å². The molecule has 4 aromatic rings. The fourth-order valence-electron chi connectivity index (χ4n) is 3.96. The van der Waals surface area contributed by atoms with Crippen molar-refractivity contribution in [1.29, 1.82) is 0 Å². The lowest BCUT2D eigenvalue weighted by atomic mass is 10.1. The Bertz CT molecular complexity index is 1400. The molecule has 5 rings (SSSR count). The van der Waals surface area contributed by atoms with E-state index in [4.69, 9.17) is 11.5 Å². The van der Waals surface area contributed by atoms with Gasteiger partial charge in [-0.25, -0.2) is 14.4 Å². The molecule has 1 fully saturated rings. The molecule has 1 saturated carbocycles. The van der Waals surface area contributed by atoms with Gasteiger partial charge in [0.15, 0.2) is 5.82 Å². The third-order valence-corrected chi connectivity index (χ3v) is 6.47. The number of carbonyl (C=O) groups excluding carboxylic acids is 1. The van der Waals surface area contributed by atoms with Crippen molar-refractivity contribution in [2.24, 2.45) is 11.5 Å². The molecule has 0 aromatic carbocycles. The summed E-state index contributed by atoms with van der Waals surface area (Å²) in [4.78, 5) is 20.2. The summed E-state index contributed by atoms with van der Waals surface area (Å²) in [5.41, 5.74) is 16.5. The van der Waals surface area contributed by atoms with E-state index in [0.717, 1.165) is 30.1 Å². The van der Waals surface area contributed by atoms with E-state index in [0.29, 0.717) is 16.8 Å². The van der Waals surface area contributed by atoms with Gasteiger partial charge >= 0.3 is 0 Å². The minimum atomic E-state index is -0.392. The number of hydrogen-bond donors (Lipinski definition) is 3. The zero-order valence-corrected chi connectivity index (χ0v) is 21.0. The predicted octanol–water partition coefficient (Wildman–Crippen LogP) is 3.75. The first-order chi connectivity index (χ1) is 17.3. The second-order valence-electron chi connectivity index (χ2n) is 9.29. The quantitative estimate of drug-likeness (QED) is 0.341. The Morgan fingerprint density at radius 2 is 2.06 bits per heavy atom. The highest BCUT2D eigenvalue weighted by Gasteiger charge is 2.23. The first kappa shape index (κ1) is 25.4. The van der Waals surface area contributed by atoms with Crippen LogP contribution in [0.5, 0.6) is 0 Å². The van der Waals surface area contributed by atoms with Crippen LogP contribution in [0.3, 0.4) is 0 Å². The molecule has 4 aromatic heterocycles. The lowest BCUT2D eigenvalue weighted by molar-refractivity contribution is -0.117. The zero-order valence-electron chi connectivity index (χ0n) is 21.0. The molecule has 9 heteroatoms. The zero-order chi connectivity index (χ0) is 25.8. The number of fused-ring (bicyclic) bond motifs is 2. The van der Waals surface area contributed by atoms with Crippen LogP contribution < -0.4 is 16.8 Å². The second-order valence-corrected chi connectivity index (χ2v) is 9.29. The van der Waals surface area contributed by atoms with Crippen molar-refractivity contribution in [2.45, 2.75) is 65.0 Å². The van der Waals surface area contributed by atoms with Gasteiger partial charge in [0.2, 0.25) is 0 Å². The third-order valence-electron chi connectivity index (χ3n) is 6.47. The summed E-state index contributed by atoms with van der Waals surface area (Å²) in [5, 5.41) is 2.60. The highest BCUT2D eigenvalue weighted by Crippen LogP contribution is 2.39. The number of rotatable bonds is 7. The van der Waals surface area contributed by atoms with Crippen molar-refractivity contribution in [1.82, 2.24) is 24.1 Å². The molecule has 1 amide bonds. The average Bonchev–Trinajstić information content (AvgIpc) is 3.53. The van der Waals surface area contributed by atoms with Crippen molar-refractivity contribution in [3.8, 4) is 0 Å². The molecule has 0 unspecified atom stereocenters. The van der Waals surface area contributed by atoms with E-state index in [2.05, 4.69) is 51.1 Å². The van der Waals surface area contributed by atoms with E-state index in [-0.39, 0.29) is 24.1 Å². The molecule has 5 N–H and O–H groups in total.